The van der Waals surface area contributed by atoms with Crippen LogP contribution in [0, 0.1) is 6.92 Å². The van der Waals surface area contributed by atoms with Crippen molar-refractivity contribution in [2.24, 2.45) is 0 Å². The lowest BCUT2D eigenvalue weighted by Gasteiger charge is -2.32. The third-order valence-corrected chi connectivity index (χ3v) is 4.34. The number of anilines is 2. The van der Waals surface area contributed by atoms with Crippen molar-refractivity contribution in [1.29, 1.82) is 0 Å². The number of β-amino-alcohol motifs (C(OH)–C–C–N with tert-alkyl or cyclic N) is 1. The number of nitrogens with zero attached hydrogens (tertiary/aromatic N) is 1. The van der Waals surface area contributed by atoms with Crippen molar-refractivity contribution in [3.8, 4) is 0 Å². The number of amides is 3. The predicted molar refractivity (Wildman–Crippen MR) is 102 cm³/mol. The van der Waals surface area contributed by atoms with Crippen LogP contribution < -0.4 is 21.3 Å². The van der Waals surface area contributed by atoms with E-state index in [4.69, 9.17) is 0 Å². The molecule has 1 aliphatic heterocycles. The molecule has 1 heterocycles. The van der Waals surface area contributed by atoms with E-state index in [1.54, 1.807) is 23.1 Å². The molecule has 1 aromatic carbocycles. The summed E-state index contributed by atoms with van der Waals surface area (Å²) < 4.78 is 0. The smallest absolute Gasteiger partial charge is 0.319 e. The first-order chi connectivity index (χ1) is 12.3. The number of piperidine rings is 1. The molecule has 8 heteroatoms. The summed E-state index contributed by atoms with van der Waals surface area (Å²) in [6.45, 7) is 3.66. The van der Waals surface area contributed by atoms with Crippen LogP contribution in [0.25, 0.3) is 0 Å². The van der Waals surface area contributed by atoms with Crippen LogP contribution in [0.5, 0.6) is 0 Å². The van der Waals surface area contributed by atoms with Crippen LogP contribution in [-0.2, 0) is 4.79 Å². The summed E-state index contributed by atoms with van der Waals surface area (Å²) >= 11 is 0. The van der Waals surface area contributed by atoms with Crippen molar-refractivity contribution in [3.63, 3.8) is 0 Å². The Morgan fingerprint density at radius 3 is 2.58 bits per heavy atom. The van der Waals surface area contributed by atoms with E-state index in [-0.39, 0.29) is 25.0 Å². The molecule has 1 fully saturated rings. The van der Waals surface area contributed by atoms with Gasteiger partial charge in [-0.3, -0.25) is 4.79 Å². The number of hydrogen-bond donors (Lipinski definition) is 5. The number of rotatable bonds is 6. The number of carbonyl (C=O) groups excluding carboxylic acids is 2. The lowest BCUT2D eigenvalue weighted by Crippen LogP contribution is -2.53. The molecule has 5 N–H and O–H groups in total. The number of likely N-dealkylation sites (N-methyl/N-ethyl adjacent to an activating group) is 1. The molecular weight excluding hydrogens is 334 g/mol. The highest BCUT2D eigenvalue weighted by atomic mass is 16.3. The molecule has 8 nitrogen and oxygen atoms in total. The summed E-state index contributed by atoms with van der Waals surface area (Å²) in [5.41, 5.74) is 1.13. The second-order valence-electron chi connectivity index (χ2n) is 7.08. The van der Waals surface area contributed by atoms with Gasteiger partial charge in [0, 0.05) is 24.5 Å². The molecule has 1 aliphatic rings. The Bertz CT molecular complexity index is 642. The van der Waals surface area contributed by atoms with Gasteiger partial charge >= 0.3 is 6.03 Å². The average Bonchev–Trinajstić information content (AvgIpc) is 2.57. The second kappa shape index (κ2) is 8.98. The number of benzene rings is 1. The summed E-state index contributed by atoms with van der Waals surface area (Å²) in [5.74, 6) is -0.119. The average molecular weight is 363 g/mol. The molecule has 1 saturated heterocycles. The summed E-state index contributed by atoms with van der Waals surface area (Å²) in [5, 5.41) is 21.9. The van der Waals surface area contributed by atoms with Crippen LogP contribution in [-0.4, -0.2) is 67.8 Å². The third kappa shape index (κ3) is 5.98. The lowest BCUT2D eigenvalue weighted by atomic mass is 9.94. The standard InChI is InChI=1S/C18H29N5O3/c1-13-14(21-16(24)10-23(2)3)6-4-7-15(13)22-17(25)20-12-18(26)8-5-9-19-11-18/h4,6-7,19,26H,5,8-12H2,1-3H3,(H,21,24)(H2,20,22,25)/t18-/m1/s1. The molecule has 0 unspecified atom stereocenters. The van der Waals surface area contributed by atoms with Crippen LogP contribution in [0.3, 0.4) is 0 Å². The molecule has 1 atom stereocenters. The lowest BCUT2D eigenvalue weighted by molar-refractivity contribution is -0.116. The van der Waals surface area contributed by atoms with Gasteiger partial charge in [-0.1, -0.05) is 6.07 Å². The first-order valence-corrected chi connectivity index (χ1v) is 8.81. The predicted octanol–water partition coefficient (Wildman–Crippen LogP) is 0.731. The van der Waals surface area contributed by atoms with Crippen molar-refractivity contribution < 1.29 is 14.7 Å². The van der Waals surface area contributed by atoms with Crippen molar-refractivity contribution in [2.45, 2.75) is 25.4 Å². The number of nitrogens with one attached hydrogen (secondary N) is 4. The number of aliphatic hydroxyl groups is 1. The molecule has 1 aromatic rings. The van der Waals surface area contributed by atoms with Gasteiger partial charge in [0.15, 0.2) is 0 Å². The van der Waals surface area contributed by atoms with Crippen LogP contribution >= 0.6 is 0 Å². The summed E-state index contributed by atoms with van der Waals surface area (Å²) in [6.07, 6.45) is 1.54. The quantitative estimate of drug-likeness (QED) is 0.512. The Morgan fingerprint density at radius 2 is 1.96 bits per heavy atom. The molecule has 0 aromatic heterocycles. The maximum absolute atomic E-state index is 12.2. The Hall–Kier alpha value is -2.16. The van der Waals surface area contributed by atoms with Crippen LogP contribution in [0.4, 0.5) is 16.2 Å². The minimum atomic E-state index is -0.910. The molecule has 3 amide bonds. The van der Waals surface area contributed by atoms with E-state index in [0.717, 1.165) is 18.5 Å². The minimum absolute atomic E-state index is 0.119. The van der Waals surface area contributed by atoms with E-state index < -0.39 is 5.60 Å². The zero-order valence-corrected chi connectivity index (χ0v) is 15.7. The van der Waals surface area contributed by atoms with Crippen molar-refractivity contribution in [1.82, 2.24) is 15.5 Å². The number of urea groups is 1. The third-order valence-electron chi connectivity index (χ3n) is 4.34. The Kier molecular flexibility index (Phi) is 6.96. The maximum Gasteiger partial charge on any atom is 0.319 e. The highest BCUT2D eigenvalue weighted by Crippen LogP contribution is 2.23. The van der Waals surface area contributed by atoms with Gasteiger partial charge in [0.05, 0.1) is 12.1 Å². The Balaban J connectivity index is 1.93. The van der Waals surface area contributed by atoms with Gasteiger partial charge in [-0.2, -0.15) is 0 Å². The molecule has 144 valence electrons. The normalized spacial score (nSPS) is 19.9. The SMILES string of the molecule is Cc1c(NC(=O)CN(C)C)cccc1NC(=O)NC[C@@]1(O)CCCNC1. The topological polar surface area (TPSA) is 106 Å². The zero-order chi connectivity index (χ0) is 19.2. The van der Waals surface area contributed by atoms with Gasteiger partial charge in [0.25, 0.3) is 0 Å². The van der Waals surface area contributed by atoms with E-state index in [1.807, 2.05) is 21.0 Å². The van der Waals surface area contributed by atoms with Gasteiger partial charge in [-0.15, -0.1) is 0 Å². The highest BCUT2D eigenvalue weighted by Gasteiger charge is 2.29. The Morgan fingerprint density at radius 1 is 1.27 bits per heavy atom. The molecule has 2 rings (SSSR count). The molecule has 0 saturated carbocycles. The van der Waals surface area contributed by atoms with Crippen molar-refractivity contribution >= 4 is 23.3 Å². The maximum atomic E-state index is 12.2. The van der Waals surface area contributed by atoms with Crippen molar-refractivity contribution in [3.05, 3.63) is 23.8 Å². The summed E-state index contributed by atoms with van der Waals surface area (Å²) in [6, 6.07) is 4.95. The first kappa shape index (κ1) is 20.2. The van der Waals surface area contributed by atoms with Crippen LogP contribution in [0.15, 0.2) is 18.2 Å². The number of carbonyl (C=O) groups is 2. The monoisotopic (exact) mass is 363 g/mol. The van der Waals surface area contributed by atoms with Crippen molar-refractivity contribution in [2.75, 3.05) is 50.9 Å². The Labute approximate surface area is 154 Å². The van der Waals surface area contributed by atoms with E-state index in [1.165, 1.54) is 0 Å². The van der Waals surface area contributed by atoms with Gasteiger partial charge in [0.2, 0.25) is 5.91 Å². The minimum Gasteiger partial charge on any atom is -0.387 e. The summed E-state index contributed by atoms with van der Waals surface area (Å²) in [7, 11) is 3.65. The van der Waals surface area contributed by atoms with E-state index in [9.17, 15) is 14.7 Å². The van der Waals surface area contributed by atoms with Gasteiger partial charge in [-0.05, 0) is 58.1 Å². The zero-order valence-electron chi connectivity index (χ0n) is 15.7. The fourth-order valence-electron chi connectivity index (χ4n) is 2.90. The van der Waals surface area contributed by atoms with E-state index in [2.05, 4.69) is 21.3 Å². The second-order valence-corrected chi connectivity index (χ2v) is 7.08. The summed E-state index contributed by atoms with van der Waals surface area (Å²) in [4.78, 5) is 25.9. The van der Waals surface area contributed by atoms with Gasteiger partial charge in [0.1, 0.15) is 0 Å². The molecule has 0 aliphatic carbocycles. The molecular formula is C18H29N5O3. The molecule has 0 bridgehead atoms. The van der Waals surface area contributed by atoms with E-state index in [0.29, 0.717) is 24.3 Å². The van der Waals surface area contributed by atoms with Gasteiger partial charge in [-0.25, -0.2) is 4.79 Å². The van der Waals surface area contributed by atoms with Gasteiger partial charge < -0.3 is 31.3 Å². The number of hydrogen-bond acceptors (Lipinski definition) is 5. The molecule has 26 heavy (non-hydrogen) atoms. The highest BCUT2D eigenvalue weighted by molar-refractivity contribution is 5.96. The molecule has 0 radical (unpaired) electrons. The largest absolute Gasteiger partial charge is 0.387 e. The van der Waals surface area contributed by atoms with Crippen LogP contribution in [0.2, 0.25) is 0 Å². The first-order valence-electron chi connectivity index (χ1n) is 8.81. The fraction of sp³-hybridized carbons (Fsp3) is 0.556. The fourth-order valence-corrected chi connectivity index (χ4v) is 2.90. The van der Waals surface area contributed by atoms with E-state index >= 15 is 0 Å². The van der Waals surface area contributed by atoms with Crippen LogP contribution in [0.1, 0.15) is 18.4 Å². The molecule has 0 spiro atoms.